The highest BCUT2D eigenvalue weighted by atomic mass is 32.1. The molecule has 4 nitrogen and oxygen atoms in total. The van der Waals surface area contributed by atoms with E-state index in [9.17, 15) is 0 Å². The number of hydrogen-bond acceptors (Lipinski definition) is 6. The smallest absolute Gasteiger partial charge is 0.225 e. The van der Waals surface area contributed by atoms with Crippen LogP contribution in [0.4, 0.5) is 5.95 Å². The minimum absolute atomic E-state index is 0.849. The van der Waals surface area contributed by atoms with E-state index in [-0.39, 0.29) is 0 Å². The predicted octanol–water partition coefficient (Wildman–Crippen LogP) is 3.69. The van der Waals surface area contributed by atoms with Crippen LogP contribution in [-0.4, -0.2) is 48.1 Å². The van der Waals surface area contributed by atoms with E-state index in [1.165, 1.54) is 14.6 Å². The van der Waals surface area contributed by atoms with Gasteiger partial charge in [-0.05, 0) is 36.7 Å². The summed E-state index contributed by atoms with van der Waals surface area (Å²) in [4.78, 5) is 17.7. The molecule has 0 unspecified atom stereocenters. The molecule has 0 radical (unpaired) electrons. The number of nitrogens with zero attached hydrogens (tertiary/aromatic N) is 4. The molecule has 4 rings (SSSR count). The fraction of sp³-hybridized carbons (Fsp3) is 0.294. The third kappa shape index (κ3) is 3.15. The topological polar surface area (TPSA) is 32.3 Å². The first-order valence-electron chi connectivity index (χ1n) is 7.70. The van der Waals surface area contributed by atoms with Gasteiger partial charge in [0.15, 0.2) is 0 Å². The summed E-state index contributed by atoms with van der Waals surface area (Å²) in [6.45, 7) is 4.11. The van der Waals surface area contributed by atoms with Crippen molar-refractivity contribution in [2.45, 2.75) is 0 Å². The quantitative estimate of drug-likeness (QED) is 0.727. The van der Waals surface area contributed by atoms with Crippen LogP contribution < -0.4 is 4.90 Å². The van der Waals surface area contributed by atoms with E-state index < -0.39 is 0 Å². The fourth-order valence-corrected chi connectivity index (χ4v) is 4.48. The third-order valence-corrected chi connectivity index (χ3v) is 6.22. The lowest BCUT2D eigenvalue weighted by Crippen LogP contribution is -2.45. The van der Waals surface area contributed by atoms with E-state index in [1.54, 1.807) is 22.7 Å². The molecule has 0 spiro atoms. The number of piperazine rings is 1. The van der Waals surface area contributed by atoms with E-state index in [4.69, 9.17) is 4.98 Å². The number of hydrogen-bond donors (Lipinski definition) is 0. The maximum absolute atomic E-state index is 4.80. The minimum atomic E-state index is 0.849. The molecule has 1 aliphatic rings. The van der Waals surface area contributed by atoms with Gasteiger partial charge in [-0.15, -0.1) is 22.7 Å². The van der Waals surface area contributed by atoms with Crippen LogP contribution in [-0.2, 0) is 0 Å². The fourth-order valence-electron chi connectivity index (χ4n) is 2.67. The van der Waals surface area contributed by atoms with Crippen molar-refractivity contribution in [3.63, 3.8) is 0 Å². The van der Waals surface area contributed by atoms with Gasteiger partial charge in [-0.25, -0.2) is 9.97 Å². The van der Waals surface area contributed by atoms with Crippen molar-refractivity contribution in [1.29, 1.82) is 0 Å². The minimum Gasteiger partial charge on any atom is -0.338 e. The monoisotopic (exact) mass is 342 g/mol. The van der Waals surface area contributed by atoms with Crippen LogP contribution in [0.1, 0.15) is 0 Å². The lowest BCUT2D eigenvalue weighted by atomic mass is 10.3. The van der Waals surface area contributed by atoms with Crippen molar-refractivity contribution in [1.82, 2.24) is 14.9 Å². The lowest BCUT2D eigenvalue weighted by molar-refractivity contribution is 0.311. The van der Waals surface area contributed by atoms with Crippen molar-refractivity contribution >= 4 is 28.6 Å². The summed E-state index contributed by atoms with van der Waals surface area (Å²) < 4.78 is 0. The molecule has 0 atom stereocenters. The van der Waals surface area contributed by atoms with Crippen LogP contribution in [0.25, 0.3) is 20.3 Å². The van der Waals surface area contributed by atoms with Crippen LogP contribution >= 0.6 is 22.7 Å². The maximum atomic E-state index is 4.80. The molecule has 0 aliphatic carbocycles. The predicted molar refractivity (Wildman–Crippen MR) is 98.4 cm³/mol. The Balaban J connectivity index is 1.59. The van der Waals surface area contributed by atoms with Gasteiger partial charge in [-0.1, -0.05) is 6.07 Å². The van der Waals surface area contributed by atoms with Crippen LogP contribution in [0.15, 0.2) is 41.9 Å². The Morgan fingerprint density at radius 1 is 0.957 bits per heavy atom. The van der Waals surface area contributed by atoms with Gasteiger partial charge in [-0.3, -0.25) is 0 Å². The number of anilines is 1. The van der Waals surface area contributed by atoms with E-state index >= 15 is 0 Å². The average Bonchev–Trinajstić information content (AvgIpc) is 3.27. The van der Waals surface area contributed by atoms with Crippen molar-refractivity contribution in [3.8, 4) is 20.3 Å². The number of thiophene rings is 2. The number of likely N-dealkylation sites (N-methyl/N-ethyl adjacent to an activating group) is 1. The molecular formula is C17H18N4S2. The van der Waals surface area contributed by atoms with Gasteiger partial charge in [0.1, 0.15) is 0 Å². The standard InChI is InChI=1S/C17H18N4S2/c1-20-8-10-21(11-9-20)17-18-7-6-13(19-17)14-4-5-16(23-14)15-3-2-12-22-15/h2-7,12H,8-11H2,1H3. The van der Waals surface area contributed by atoms with E-state index in [1.807, 2.05) is 12.3 Å². The lowest BCUT2D eigenvalue weighted by Gasteiger charge is -2.32. The zero-order valence-corrected chi connectivity index (χ0v) is 14.6. The molecule has 1 fully saturated rings. The van der Waals surface area contributed by atoms with Gasteiger partial charge in [0, 0.05) is 42.1 Å². The molecule has 4 heterocycles. The third-order valence-electron chi connectivity index (χ3n) is 4.05. The molecule has 0 aromatic carbocycles. The van der Waals surface area contributed by atoms with Gasteiger partial charge in [0.2, 0.25) is 5.95 Å². The molecule has 6 heteroatoms. The zero-order chi connectivity index (χ0) is 15.6. The van der Waals surface area contributed by atoms with E-state index in [2.05, 4.69) is 51.5 Å². The second-order valence-corrected chi connectivity index (χ2v) is 7.70. The number of rotatable bonds is 3. The molecule has 0 bridgehead atoms. The Kier molecular flexibility index (Phi) is 4.11. The second-order valence-electron chi connectivity index (χ2n) is 5.67. The first kappa shape index (κ1) is 14.8. The Hall–Kier alpha value is -1.76. The molecule has 3 aromatic rings. The zero-order valence-electron chi connectivity index (χ0n) is 13.0. The van der Waals surface area contributed by atoms with Crippen molar-refractivity contribution < 1.29 is 0 Å². The molecule has 1 aliphatic heterocycles. The molecule has 0 N–H and O–H groups in total. The molecule has 0 saturated carbocycles. The van der Waals surface area contributed by atoms with Gasteiger partial charge < -0.3 is 9.80 Å². The molecular weight excluding hydrogens is 324 g/mol. The Labute approximate surface area is 144 Å². The average molecular weight is 342 g/mol. The van der Waals surface area contributed by atoms with Crippen molar-refractivity contribution in [3.05, 3.63) is 41.9 Å². The summed E-state index contributed by atoms with van der Waals surface area (Å²) in [6, 6.07) is 10.6. The highest BCUT2D eigenvalue weighted by Crippen LogP contribution is 2.36. The molecule has 1 saturated heterocycles. The van der Waals surface area contributed by atoms with Crippen LogP contribution in [0.5, 0.6) is 0 Å². The summed E-state index contributed by atoms with van der Waals surface area (Å²) >= 11 is 3.57. The Morgan fingerprint density at radius 2 is 1.78 bits per heavy atom. The van der Waals surface area contributed by atoms with Crippen LogP contribution in [0, 0.1) is 0 Å². The second kappa shape index (κ2) is 6.39. The summed E-state index contributed by atoms with van der Waals surface area (Å²) in [7, 11) is 2.16. The highest BCUT2D eigenvalue weighted by Gasteiger charge is 2.17. The Morgan fingerprint density at radius 3 is 2.57 bits per heavy atom. The van der Waals surface area contributed by atoms with Gasteiger partial charge in [0.05, 0.1) is 10.6 Å². The first-order valence-corrected chi connectivity index (χ1v) is 9.40. The normalized spacial score (nSPS) is 16.0. The van der Waals surface area contributed by atoms with Gasteiger partial charge in [0.25, 0.3) is 0 Å². The summed E-state index contributed by atoms with van der Waals surface area (Å²) in [5, 5.41) is 2.12. The number of aromatic nitrogens is 2. The summed E-state index contributed by atoms with van der Waals surface area (Å²) in [5.41, 5.74) is 1.02. The van der Waals surface area contributed by atoms with Gasteiger partial charge in [-0.2, -0.15) is 0 Å². The SMILES string of the molecule is CN1CCN(c2nccc(-c3ccc(-c4cccs4)s3)n2)CC1. The van der Waals surface area contributed by atoms with E-state index in [0.717, 1.165) is 37.8 Å². The first-order chi connectivity index (χ1) is 11.3. The molecule has 3 aromatic heterocycles. The van der Waals surface area contributed by atoms with Crippen LogP contribution in [0.3, 0.4) is 0 Å². The van der Waals surface area contributed by atoms with Crippen molar-refractivity contribution in [2.75, 3.05) is 38.1 Å². The summed E-state index contributed by atoms with van der Waals surface area (Å²) in [6.07, 6.45) is 1.88. The molecule has 0 amide bonds. The van der Waals surface area contributed by atoms with Crippen molar-refractivity contribution in [2.24, 2.45) is 0 Å². The van der Waals surface area contributed by atoms with Crippen LogP contribution in [0.2, 0.25) is 0 Å². The summed E-state index contributed by atoms with van der Waals surface area (Å²) in [5.74, 6) is 0.849. The highest BCUT2D eigenvalue weighted by molar-refractivity contribution is 7.23. The molecule has 23 heavy (non-hydrogen) atoms. The Bertz CT molecular complexity index is 774. The molecule has 118 valence electrons. The largest absolute Gasteiger partial charge is 0.338 e. The van der Waals surface area contributed by atoms with E-state index in [0.29, 0.717) is 0 Å². The van der Waals surface area contributed by atoms with Gasteiger partial charge >= 0.3 is 0 Å². The maximum Gasteiger partial charge on any atom is 0.225 e.